The third kappa shape index (κ3) is 1.17. The maximum absolute atomic E-state index is 13.1. The average molecular weight is 206 g/mol. The second kappa shape index (κ2) is 2.56. The highest BCUT2D eigenvalue weighted by atomic mass is 35.5. The Hall–Kier alpha value is -0.870. The van der Waals surface area contributed by atoms with Crippen LogP contribution < -0.4 is 5.32 Å². The molecule has 70 valence electrons. The van der Waals surface area contributed by atoms with Crippen LogP contribution in [-0.4, -0.2) is 11.3 Å². The van der Waals surface area contributed by atoms with Crippen molar-refractivity contribution in [2.24, 2.45) is 0 Å². The zero-order chi connectivity index (χ0) is 9.64. The number of aliphatic hydroxyl groups is 1. The lowest BCUT2D eigenvalue weighted by molar-refractivity contribution is -0.0920. The molecule has 1 aromatic carbocycles. The molecule has 1 aromatic rings. The van der Waals surface area contributed by atoms with Gasteiger partial charge in [0, 0.05) is 16.3 Å². The number of rotatable bonds is 0. The molecule has 13 heavy (non-hydrogen) atoms. The van der Waals surface area contributed by atoms with E-state index < -0.39 is 12.2 Å². The van der Waals surface area contributed by atoms with Gasteiger partial charge in [0.05, 0.1) is 0 Å². The summed E-state index contributed by atoms with van der Waals surface area (Å²) in [7, 11) is 0. The van der Waals surface area contributed by atoms with Crippen molar-refractivity contribution >= 4 is 17.3 Å². The molecule has 0 fully saturated rings. The van der Waals surface area contributed by atoms with E-state index >= 15 is 0 Å². The summed E-state index contributed by atoms with van der Waals surface area (Å²) in [6.45, 7) is 0. The van der Waals surface area contributed by atoms with E-state index in [2.05, 4.69) is 5.32 Å². The molecule has 0 amide bonds. The highest BCUT2D eigenvalue weighted by molar-refractivity contribution is 6.30. The Bertz CT molecular complexity index is 356. The fourth-order valence-corrected chi connectivity index (χ4v) is 1.48. The number of fused-ring (bicyclic) bond motifs is 1. The smallest absolute Gasteiger partial charge is 0.318 e. The molecule has 2 N–H and O–H groups in total. The molecule has 1 aliphatic rings. The summed E-state index contributed by atoms with van der Waals surface area (Å²) in [5.41, 5.74) is -0.0330. The number of aliphatic hydroxyl groups excluding tert-OH is 1. The number of halogens is 3. The van der Waals surface area contributed by atoms with Gasteiger partial charge in [-0.15, -0.1) is 0 Å². The molecular formula is C8H6ClF2NO. The fourth-order valence-electron chi connectivity index (χ4n) is 1.31. The molecule has 0 bridgehead atoms. The summed E-state index contributed by atoms with van der Waals surface area (Å²) in [5.74, 6) is -3.24. The lowest BCUT2D eigenvalue weighted by Gasteiger charge is -2.12. The summed E-state index contributed by atoms with van der Waals surface area (Å²) < 4.78 is 26.2. The molecule has 0 aliphatic carbocycles. The molecule has 1 heterocycles. The van der Waals surface area contributed by atoms with Crippen LogP contribution in [-0.2, 0) is 5.92 Å². The summed E-state index contributed by atoms with van der Waals surface area (Å²) in [6.07, 6.45) is -1.86. The van der Waals surface area contributed by atoms with Gasteiger partial charge < -0.3 is 10.4 Å². The lowest BCUT2D eigenvalue weighted by Crippen LogP contribution is -2.29. The Labute approximate surface area is 78.1 Å². The monoisotopic (exact) mass is 205 g/mol. The minimum Gasteiger partial charge on any atom is -0.368 e. The van der Waals surface area contributed by atoms with E-state index in [9.17, 15) is 8.78 Å². The molecular weight excluding hydrogens is 200 g/mol. The van der Waals surface area contributed by atoms with E-state index in [1.54, 1.807) is 0 Å². The van der Waals surface area contributed by atoms with Crippen LogP contribution in [0, 0.1) is 0 Å². The minimum absolute atomic E-state index is 0.185. The number of anilines is 1. The molecule has 2 nitrogen and oxygen atoms in total. The first kappa shape index (κ1) is 8.72. The minimum atomic E-state index is -3.24. The molecule has 5 heteroatoms. The topological polar surface area (TPSA) is 32.3 Å². The first-order valence-electron chi connectivity index (χ1n) is 3.64. The first-order valence-corrected chi connectivity index (χ1v) is 4.02. The zero-order valence-corrected chi connectivity index (χ0v) is 7.15. The Morgan fingerprint density at radius 3 is 2.85 bits per heavy atom. The van der Waals surface area contributed by atoms with Crippen LogP contribution in [0.4, 0.5) is 14.5 Å². The third-order valence-corrected chi connectivity index (χ3v) is 2.21. The Balaban J connectivity index is 2.55. The van der Waals surface area contributed by atoms with Gasteiger partial charge >= 0.3 is 5.92 Å². The summed E-state index contributed by atoms with van der Waals surface area (Å²) >= 11 is 5.60. The van der Waals surface area contributed by atoms with Crippen molar-refractivity contribution in [2.75, 3.05) is 5.32 Å². The second-order valence-corrected chi connectivity index (χ2v) is 3.30. The maximum atomic E-state index is 13.1. The molecule has 1 unspecified atom stereocenters. The van der Waals surface area contributed by atoms with Gasteiger partial charge in [-0.2, -0.15) is 8.78 Å². The average Bonchev–Trinajstić information content (AvgIpc) is 2.23. The van der Waals surface area contributed by atoms with Gasteiger partial charge in [0.2, 0.25) is 0 Å². The van der Waals surface area contributed by atoms with Gasteiger partial charge in [-0.25, -0.2) is 0 Å². The molecule has 0 radical (unpaired) electrons. The van der Waals surface area contributed by atoms with Crippen LogP contribution in [0.1, 0.15) is 5.56 Å². The first-order chi connectivity index (χ1) is 6.01. The Kier molecular flexibility index (Phi) is 1.72. The SMILES string of the molecule is OC1Nc2cc(Cl)ccc2C1(F)F. The predicted octanol–water partition coefficient (Wildman–Crippen LogP) is 2.18. The molecule has 0 spiro atoms. The summed E-state index contributed by atoms with van der Waals surface area (Å²) in [4.78, 5) is 0. The van der Waals surface area contributed by atoms with Gasteiger partial charge in [0.15, 0.2) is 6.23 Å². The highest BCUT2D eigenvalue weighted by Gasteiger charge is 2.47. The molecule has 2 rings (SSSR count). The maximum Gasteiger partial charge on any atom is 0.318 e. The molecule has 0 aromatic heterocycles. The number of hydrogen-bond donors (Lipinski definition) is 2. The van der Waals surface area contributed by atoms with Crippen LogP contribution >= 0.6 is 11.6 Å². The van der Waals surface area contributed by atoms with E-state index in [0.29, 0.717) is 5.02 Å². The standard InChI is InChI=1S/C8H6ClF2NO/c9-4-1-2-5-6(3-4)12-7(13)8(5,10)11/h1-3,7,12-13H. The van der Waals surface area contributed by atoms with E-state index in [-0.39, 0.29) is 11.3 Å². The van der Waals surface area contributed by atoms with Gasteiger partial charge in [0.1, 0.15) is 0 Å². The zero-order valence-electron chi connectivity index (χ0n) is 6.39. The van der Waals surface area contributed by atoms with Gasteiger partial charge in [-0.3, -0.25) is 0 Å². The lowest BCUT2D eigenvalue weighted by atomic mass is 10.1. The van der Waals surface area contributed by atoms with Gasteiger partial charge in [-0.1, -0.05) is 11.6 Å². The Morgan fingerprint density at radius 1 is 1.46 bits per heavy atom. The molecule has 1 atom stereocenters. The van der Waals surface area contributed by atoms with E-state index in [0.717, 1.165) is 0 Å². The summed E-state index contributed by atoms with van der Waals surface area (Å²) in [5, 5.41) is 11.6. The van der Waals surface area contributed by atoms with E-state index in [1.807, 2.05) is 0 Å². The van der Waals surface area contributed by atoms with Crippen molar-refractivity contribution in [3.05, 3.63) is 28.8 Å². The highest BCUT2D eigenvalue weighted by Crippen LogP contribution is 2.43. The van der Waals surface area contributed by atoms with E-state index in [1.165, 1.54) is 18.2 Å². The summed E-state index contributed by atoms with van der Waals surface area (Å²) in [6, 6.07) is 3.94. The van der Waals surface area contributed by atoms with Crippen molar-refractivity contribution in [1.82, 2.24) is 0 Å². The quantitative estimate of drug-likeness (QED) is 0.681. The largest absolute Gasteiger partial charge is 0.368 e. The number of nitrogens with one attached hydrogen (secondary N) is 1. The predicted molar refractivity (Wildman–Crippen MR) is 45.0 cm³/mol. The van der Waals surface area contributed by atoms with Crippen molar-refractivity contribution in [2.45, 2.75) is 12.2 Å². The van der Waals surface area contributed by atoms with Crippen LogP contribution in [0.2, 0.25) is 5.02 Å². The van der Waals surface area contributed by atoms with Crippen LogP contribution in [0.15, 0.2) is 18.2 Å². The Morgan fingerprint density at radius 2 is 2.15 bits per heavy atom. The van der Waals surface area contributed by atoms with Gasteiger partial charge in [0.25, 0.3) is 0 Å². The van der Waals surface area contributed by atoms with E-state index in [4.69, 9.17) is 16.7 Å². The van der Waals surface area contributed by atoms with Crippen LogP contribution in [0.5, 0.6) is 0 Å². The van der Waals surface area contributed by atoms with Crippen molar-refractivity contribution < 1.29 is 13.9 Å². The fraction of sp³-hybridized carbons (Fsp3) is 0.250. The number of hydrogen-bond acceptors (Lipinski definition) is 2. The number of benzene rings is 1. The molecule has 1 aliphatic heterocycles. The van der Waals surface area contributed by atoms with Crippen molar-refractivity contribution in [3.63, 3.8) is 0 Å². The van der Waals surface area contributed by atoms with Crippen molar-refractivity contribution in [3.8, 4) is 0 Å². The number of alkyl halides is 2. The van der Waals surface area contributed by atoms with Crippen LogP contribution in [0.25, 0.3) is 0 Å². The third-order valence-electron chi connectivity index (χ3n) is 1.98. The molecule has 0 saturated heterocycles. The van der Waals surface area contributed by atoms with Crippen molar-refractivity contribution in [1.29, 1.82) is 0 Å². The second-order valence-electron chi connectivity index (χ2n) is 2.86. The molecule has 0 saturated carbocycles. The van der Waals surface area contributed by atoms with Gasteiger partial charge in [-0.05, 0) is 18.2 Å². The normalized spacial score (nSPS) is 23.8. The van der Waals surface area contributed by atoms with Crippen LogP contribution in [0.3, 0.4) is 0 Å².